The average Bonchev–Trinajstić information content (AvgIpc) is 3.00. The van der Waals surface area contributed by atoms with Crippen LogP contribution in [0.1, 0.15) is 0 Å². The summed E-state index contributed by atoms with van der Waals surface area (Å²) in [5.74, 6) is 0.617. The molecule has 0 aliphatic heterocycles. The van der Waals surface area contributed by atoms with Crippen LogP contribution < -0.4 is 5.32 Å². The third kappa shape index (κ3) is 2.28. The number of hydrogen-bond donors (Lipinski definition) is 2. The predicted molar refractivity (Wildman–Crippen MR) is 86.2 cm³/mol. The number of pyridine rings is 1. The molecule has 0 aliphatic carbocycles. The lowest BCUT2D eigenvalue weighted by molar-refractivity contribution is 1.09. The molecule has 0 saturated heterocycles. The fraction of sp³-hybridized carbons (Fsp3) is 0. The van der Waals surface area contributed by atoms with Gasteiger partial charge in [0, 0.05) is 10.8 Å². The second-order valence-electron chi connectivity index (χ2n) is 4.48. The Bertz CT molecular complexity index is 835. The number of nitrogens with one attached hydrogen (secondary N) is 2. The van der Waals surface area contributed by atoms with Crippen LogP contribution in [0.3, 0.4) is 0 Å². The molecule has 0 amide bonds. The van der Waals surface area contributed by atoms with Gasteiger partial charge in [0.1, 0.15) is 6.33 Å². The molecule has 0 saturated carbocycles. The molecule has 5 nitrogen and oxygen atoms in total. The largest absolute Gasteiger partial charge is 0.323 e. The molecule has 6 heteroatoms. The highest BCUT2D eigenvalue weighted by molar-refractivity contribution is 6.08. The Hall–Kier alpha value is -2.66. The standard InChI is InChI=1S/C15H11N5.ClH/c1-3-7-12-10(5-1)14(19-15-16-9-17-20-15)11-6-2-4-8-13(11)18-12;/h1-9H,(H2,16,17,18,19,20);1H. The van der Waals surface area contributed by atoms with Crippen LogP contribution in [-0.4, -0.2) is 20.2 Å². The van der Waals surface area contributed by atoms with Gasteiger partial charge in [-0.2, -0.15) is 10.1 Å². The Balaban J connectivity index is 0.00000132. The third-order valence-corrected chi connectivity index (χ3v) is 3.25. The lowest BCUT2D eigenvalue weighted by Gasteiger charge is -2.11. The zero-order valence-corrected chi connectivity index (χ0v) is 11.8. The molecule has 0 bridgehead atoms. The van der Waals surface area contributed by atoms with Crippen molar-refractivity contribution in [3.63, 3.8) is 0 Å². The van der Waals surface area contributed by atoms with E-state index in [1.165, 1.54) is 6.33 Å². The summed E-state index contributed by atoms with van der Waals surface area (Å²) in [5, 5.41) is 12.1. The molecular weight excluding hydrogens is 286 g/mol. The highest BCUT2D eigenvalue weighted by Crippen LogP contribution is 2.31. The molecule has 2 aromatic heterocycles. The summed E-state index contributed by atoms with van der Waals surface area (Å²) in [4.78, 5) is 8.81. The lowest BCUT2D eigenvalue weighted by Crippen LogP contribution is -1.96. The summed E-state index contributed by atoms with van der Waals surface area (Å²) in [6.07, 6.45) is 1.48. The van der Waals surface area contributed by atoms with Crippen molar-refractivity contribution in [1.82, 2.24) is 20.2 Å². The Morgan fingerprint density at radius 2 is 1.48 bits per heavy atom. The van der Waals surface area contributed by atoms with Crippen molar-refractivity contribution < 1.29 is 0 Å². The number of halogens is 1. The van der Waals surface area contributed by atoms with E-state index in [0.29, 0.717) is 5.95 Å². The molecule has 0 fully saturated rings. The third-order valence-electron chi connectivity index (χ3n) is 3.25. The van der Waals surface area contributed by atoms with Gasteiger partial charge in [-0.15, -0.1) is 12.4 Å². The zero-order chi connectivity index (χ0) is 13.4. The van der Waals surface area contributed by atoms with E-state index in [0.717, 1.165) is 27.5 Å². The van der Waals surface area contributed by atoms with E-state index in [1.807, 2.05) is 48.5 Å². The maximum Gasteiger partial charge on any atom is 0.222 e. The van der Waals surface area contributed by atoms with Gasteiger partial charge >= 0.3 is 0 Å². The van der Waals surface area contributed by atoms with Crippen molar-refractivity contribution in [2.45, 2.75) is 0 Å². The molecule has 0 unspecified atom stereocenters. The quantitative estimate of drug-likeness (QED) is 0.554. The van der Waals surface area contributed by atoms with Crippen LogP contribution in [0.25, 0.3) is 21.8 Å². The fourth-order valence-corrected chi connectivity index (χ4v) is 2.36. The van der Waals surface area contributed by atoms with Gasteiger partial charge in [-0.25, -0.2) is 10.1 Å². The number of hydrogen-bond acceptors (Lipinski definition) is 4. The van der Waals surface area contributed by atoms with Crippen LogP contribution in [0, 0.1) is 0 Å². The van der Waals surface area contributed by atoms with Gasteiger partial charge in [-0.3, -0.25) is 0 Å². The van der Waals surface area contributed by atoms with Crippen LogP contribution in [0.2, 0.25) is 0 Å². The molecule has 104 valence electrons. The highest BCUT2D eigenvalue weighted by Gasteiger charge is 2.09. The molecule has 4 rings (SSSR count). The first-order chi connectivity index (χ1) is 9.92. The lowest BCUT2D eigenvalue weighted by atomic mass is 10.1. The maximum absolute atomic E-state index is 4.68. The molecule has 0 aliphatic rings. The van der Waals surface area contributed by atoms with Gasteiger partial charge in [-0.05, 0) is 12.1 Å². The van der Waals surface area contributed by atoms with Crippen LogP contribution >= 0.6 is 12.4 Å². The van der Waals surface area contributed by atoms with Crippen LogP contribution in [0.15, 0.2) is 54.9 Å². The Morgan fingerprint density at radius 3 is 2.05 bits per heavy atom. The Labute approximate surface area is 126 Å². The molecule has 21 heavy (non-hydrogen) atoms. The van der Waals surface area contributed by atoms with E-state index in [2.05, 4.69) is 25.5 Å². The molecule has 0 spiro atoms. The normalized spacial score (nSPS) is 10.5. The molecule has 2 N–H and O–H groups in total. The Kier molecular flexibility index (Phi) is 3.41. The van der Waals surface area contributed by atoms with E-state index in [4.69, 9.17) is 0 Å². The number of para-hydroxylation sites is 2. The zero-order valence-electron chi connectivity index (χ0n) is 10.9. The molecular formula is C15H12ClN5. The van der Waals surface area contributed by atoms with Crippen molar-refractivity contribution in [1.29, 1.82) is 0 Å². The number of nitrogens with zero attached hydrogens (tertiary/aromatic N) is 3. The fourth-order valence-electron chi connectivity index (χ4n) is 2.36. The van der Waals surface area contributed by atoms with Gasteiger partial charge in [0.05, 0.1) is 16.7 Å². The first kappa shape index (κ1) is 13.3. The van der Waals surface area contributed by atoms with Crippen molar-refractivity contribution in [2.24, 2.45) is 0 Å². The predicted octanol–water partition coefficient (Wildman–Crippen LogP) is 3.67. The summed E-state index contributed by atoms with van der Waals surface area (Å²) in [5.41, 5.74) is 2.89. The van der Waals surface area contributed by atoms with Gasteiger partial charge < -0.3 is 5.32 Å². The molecule has 0 radical (unpaired) electrons. The minimum atomic E-state index is 0. The number of fused-ring (bicyclic) bond motifs is 2. The van der Waals surface area contributed by atoms with Gasteiger partial charge in [0.25, 0.3) is 0 Å². The van der Waals surface area contributed by atoms with E-state index < -0.39 is 0 Å². The summed E-state index contributed by atoms with van der Waals surface area (Å²) in [6.45, 7) is 0. The van der Waals surface area contributed by atoms with E-state index >= 15 is 0 Å². The minimum Gasteiger partial charge on any atom is -0.323 e. The minimum absolute atomic E-state index is 0. The topological polar surface area (TPSA) is 66.5 Å². The number of benzene rings is 2. The smallest absolute Gasteiger partial charge is 0.222 e. The van der Waals surface area contributed by atoms with Crippen LogP contribution in [0.4, 0.5) is 11.6 Å². The van der Waals surface area contributed by atoms with Crippen LogP contribution in [-0.2, 0) is 0 Å². The second-order valence-corrected chi connectivity index (χ2v) is 4.48. The van der Waals surface area contributed by atoms with E-state index in [1.54, 1.807) is 0 Å². The number of rotatable bonds is 2. The van der Waals surface area contributed by atoms with Crippen molar-refractivity contribution in [2.75, 3.05) is 5.32 Å². The van der Waals surface area contributed by atoms with Gasteiger partial charge in [-0.1, -0.05) is 36.4 Å². The molecule has 4 aromatic rings. The molecule has 2 aromatic carbocycles. The van der Waals surface area contributed by atoms with Crippen molar-refractivity contribution in [3.05, 3.63) is 54.9 Å². The van der Waals surface area contributed by atoms with Gasteiger partial charge in [0.15, 0.2) is 0 Å². The number of aromatic amines is 1. The SMILES string of the molecule is Cl.c1ccc2c(Nc3ncn[nH]3)c3ccccc3nc2c1. The highest BCUT2D eigenvalue weighted by atomic mass is 35.5. The molecule has 0 atom stereocenters. The van der Waals surface area contributed by atoms with Gasteiger partial charge in [0.2, 0.25) is 5.95 Å². The first-order valence-electron chi connectivity index (χ1n) is 6.32. The Morgan fingerprint density at radius 1 is 0.857 bits per heavy atom. The summed E-state index contributed by atoms with van der Waals surface area (Å²) in [6, 6.07) is 16.1. The van der Waals surface area contributed by atoms with Crippen molar-refractivity contribution >= 4 is 45.8 Å². The number of H-pyrrole nitrogens is 1. The first-order valence-corrected chi connectivity index (χ1v) is 6.32. The second kappa shape index (κ2) is 5.38. The number of anilines is 2. The molecule has 2 heterocycles. The summed E-state index contributed by atoms with van der Waals surface area (Å²) in [7, 11) is 0. The summed E-state index contributed by atoms with van der Waals surface area (Å²) < 4.78 is 0. The number of aromatic nitrogens is 4. The maximum atomic E-state index is 4.68. The summed E-state index contributed by atoms with van der Waals surface area (Å²) >= 11 is 0. The van der Waals surface area contributed by atoms with Crippen molar-refractivity contribution in [3.8, 4) is 0 Å². The van der Waals surface area contributed by atoms with E-state index in [9.17, 15) is 0 Å². The monoisotopic (exact) mass is 297 g/mol. The average molecular weight is 298 g/mol. The van der Waals surface area contributed by atoms with Crippen LogP contribution in [0.5, 0.6) is 0 Å². The van der Waals surface area contributed by atoms with E-state index in [-0.39, 0.29) is 12.4 Å².